The van der Waals surface area contributed by atoms with Gasteiger partial charge in [0.05, 0.1) is 13.2 Å². The highest BCUT2D eigenvalue weighted by Crippen LogP contribution is 2.20. The van der Waals surface area contributed by atoms with Gasteiger partial charge in [-0.1, -0.05) is 130 Å². The Labute approximate surface area is 237 Å². The molecule has 0 aliphatic heterocycles. The van der Waals surface area contributed by atoms with Crippen molar-refractivity contribution < 1.29 is 19.1 Å². The third-order valence-electron chi connectivity index (χ3n) is 7.84. The zero-order valence-electron chi connectivity index (χ0n) is 26.2. The average Bonchev–Trinajstić information content (AvgIpc) is 2.92. The lowest BCUT2D eigenvalue weighted by Crippen LogP contribution is -2.14. The number of hydrogen-bond acceptors (Lipinski definition) is 4. The molecular weight excluding hydrogens is 472 g/mol. The minimum Gasteiger partial charge on any atom is -0.465 e. The zero-order valence-corrected chi connectivity index (χ0v) is 26.2. The number of unbranched alkanes of at least 4 members (excludes halogenated alkanes) is 13. The molecule has 0 aliphatic rings. The van der Waals surface area contributed by atoms with E-state index in [4.69, 9.17) is 9.47 Å². The van der Waals surface area contributed by atoms with Crippen LogP contribution in [0.1, 0.15) is 182 Å². The number of hydrogen-bond donors (Lipinski definition) is 0. The third-order valence-corrected chi connectivity index (χ3v) is 7.84. The molecule has 0 N–H and O–H groups in total. The molecule has 0 rings (SSSR count). The summed E-state index contributed by atoms with van der Waals surface area (Å²) in [6.45, 7) is 10.2. The van der Waals surface area contributed by atoms with Crippen molar-refractivity contribution >= 4 is 11.9 Å². The summed E-state index contributed by atoms with van der Waals surface area (Å²) in [5.74, 6) is 1.03. The van der Waals surface area contributed by atoms with Gasteiger partial charge in [0, 0.05) is 12.8 Å². The lowest BCUT2D eigenvalue weighted by molar-refractivity contribution is -0.146. The van der Waals surface area contributed by atoms with Gasteiger partial charge in [-0.15, -0.1) is 0 Å². The van der Waals surface area contributed by atoms with Crippen molar-refractivity contribution in [3.63, 3.8) is 0 Å². The molecule has 0 bridgehead atoms. The first-order valence-corrected chi connectivity index (χ1v) is 16.9. The smallest absolute Gasteiger partial charge is 0.305 e. The molecule has 0 fully saturated rings. The second kappa shape index (κ2) is 28.9. The molecule has 0 spiro atoms. The van der Waals surface area contributed by atoms with E-state index in [-0.39, 0.29) is 11.9 Å². The van der Waals surface area contributed by atoms with Crippen LogP contribution in [0.25, 0.3) is 0 Å². The van der Waals surface area contributed by atoms with Crippen molar-refractivity contribution in [2.45, 2.75) is 182 Å². The molecule has 0 saturated heterocycles. The molecule has 226 valence electrons. The second-order valence-electron chi connectivity index (χ2n) is 11.7. The van der Waals surface area contributed by atoms with E-state index in [0.29, 0.717) is 37.9 Å². The number of rotatable bonds is 29. The van der Waals surface area contributed by atoms with Crippen LogP contribution in [0.5, 0.6) is 0 Å². The SMILES string of the molecule is CCCCCCC(CCCC)COC(=O)CCCCCCCCC(=O)OCC(CCCC)CCCCCC. The van der Waals surface area contributed by atoms with E-state index in [1.807, 2.05) is 0 Å². The van der Waals surface area contributed by atoms with Crippen molar-refractivity contribution in [2.75, 3.05) is 13.2 Å². The van der Waals surface area contributed by atoms with Gasteiger partial charge in [0.25, 0.3) is 0 Å². The van der Waals surface area contributed by atoms with Gasteiger partial charge in [-0.05, 0) is 50.4 Å². The largest absolute Gasteiger partial charge is 0.465 e. The van der Waals surface area contributed by atoms with E-state index in [1.54, 1.807) is 0 Å². The highest BCUT2D eigenvalue weighted by Gasteiger charge is 2.13. The normalized spacial score (nSPS) is 12.8. The Kier molecular flexibility index (Phi) is 28.1. The molecule has 0 aromatic carbocycles. The monoisotopic (exact) mass is 538 g/mol. The lowest BCUT2D eigenvalue weighted by Gasteiger charge is -2.17. The Hall–Kier alpha value is -1.06. The molecule has 0 aromatic heterocycles. The van der Waals surface area contributed by atoms with E-state index >= 15 is 0 Å². The third kappa shape index (κ3) is 25.2. The van der Waals surface area contributed by atoms with E-state index in [2.05, 4.69) is 27.7 Å². The fourth-order valence-electron chi connectivity index (χ4n) is 5.14. The molecule has 0 saturated carbocycles. The fourth-order valence-corrected chi connectivity index (χ4v) is 5.14. The van der Waals surface area contributed by atoms with Gasteiger partial charge in [0.15, 0.2) is 0 Å². The van der Waals surface area contributed by atoms with Crippen LogP contribution >= 0.6 is 0 Å². The Bertz CT molecular complexity index is 473. The van der Waals surface area contributed by atoms with Crippen LogP contribution in [0, 0.1) is 11.8 Å². The molecule has 0 heterocycles. The van der Waals surface area contributed by atoms with Gasteiger partial charge >= 0.3 is 11.9 Å². The fraction of sp³-hybridized carbons (Fsp3) is 0.941. The van der Waals surface area contributed by atoms with Crippen molar-refractivity contribution in [2.24, 2.45) is 11.8 Å². The molecule has 4 heteroatoms. The van der Waals surface area contributed by atoms with Crippen LogP contribution in [0.3, 0.4) is 0 Å². The Balaban J connectivity index is 3.82. The zero-order chi connectivity index (χ0) is 28.1. The Morgan fingerprint density at radius 3 is 1.11 bits per heavy atom. The number of esters is 2. The molecule has 0 amide bonds. The van der Waals surface area contributed by atoms with Gasteiger partial charge in [0.1, 0.15) is 0 Å². The minimum atomic E-state index is -0.0228. The summed E-state index contributed by atoms with van der Waals surface area (Å²) in [5, 5.41) is 0. The van der Waals surface area contributed by atoms with Crippen LogP contribution in [0.4, 0.5) is 0 Å². The first-order valence-electron chi connectivity index (χ1n) is 16.9. The van der Waals surface area contributed by atoms with Gasteiger partial charge in [-0.2, -0.15) is 0 Å². The van der Waals surface area contributed by atoms with E-state index in [1.165, 1.54) is 103 Å². The summed E-state index contributed by atoms with van der Waals surface area (Å²) in [4.78, 5) is 24.4. The van der Waals surface area contributed by atoms with E-state index in [9.17, 15) is 9.59 Å². The standard InChI is InChI=1S/C34H66O4/c1-5-9-13-19-25-31(23-11-7-3)29-37-33(35)27-21-17-15-16-18-22-28-34(36)38-30-32(24-12-8-4)26-20-14-10-6-2/h31-32H,5-30H2,1-4H3. The predicted molar refractivity (Wildman–Crippen MR) is 162 cm³/mol. The summed E-state index contributed by atoms with van der Waals surface area (Å²) in [6.07, 6.45) is 27.2. The van der Waals surface area contributed by atoms with Crippen LogP contribution in [-0.2, 0) is 19.1 Å². The molecular formula is C34H66O4. The molecule has 2 unspecified atom stereocenters. The van der Waals surface area contributed by atoms with Crippen molar-refractivity contribution in [1.82, 2.24) is 0 Å². The van der Waals surface area contributed by atoms with E-state index in [0.717, 1.165) is 38.5 Å². The number of carbonyl (C=O) groups is 2. The highest BCUT2D eigenvalue weighted by molar-refractivity contribution is 5.69. The first kappa shape index (κ1) is 36.9. The number of ether oxygens (including phenoxy) is 2. The maximum Gasteiger partial charge on any atom is 0.305 e. The summed E-state index contributed by atoms with van der Waals surface area (Å²) in [6, 6.07) is 0. The van der Waals surface area contributed by atoms with Gasteiger partial charge < -0.3 is 9.47 Å². The van der Waals surface area contributed by atoms with Crippen LogP contribution < -0.4 is 0 Å². The molecule has 2 atom stereocenters. The Morgan fingerprint density at radius 1 is 0.421 bits per heavy atom. The maximum absolute atomic E-state index is 12.2. The number of carbonyl (C=O) groups excluding carboxylic acids is 2. The predicted octanol–water partition coefficient (Wildman–Crippen LogP) is 10.7. The van der Waals surface area contributed by atoms with Crippen molar-refractivity contribution in [1.29, 1.82) is 0 Å². The second-order valence-corrected chi connectivity index (χ2v) is 11.7. The van der Waals surface area contributed by atoms with Crippen molar-refractivity contribution in [3.8, 4) is 0 Å². The van der Waals surface area contributed by atoms with E-state index < -0.39 is 0 Å². The summed E-state index contributed by atoms with van der Waals surface area (Å²) < 4.78 is 11.3. The topological polar surface area (TPSA) is 52.6 Å². The van der Waals surface area contributed by atoms with Crippen LogP contribution in [-0.4, -0.2) is 25.2 Å². The quantitative estimate of drug-likeness (QED) is 0.0702. The van der Waals surface area contributed by atoms with Gasteiger partial charge in [-0.25, -0.2) is 0 Å². The molecule has 0 aromatic rings. The Morgan fingerprint density at radius 2 is 0.737 bits per heavy atom. The van der Waals surface area contributed by atoms with Gasteiger partial charge in [0.2, 0.25) is 0 Å². The first-order chi connectivity index (χ1) is 18.6. The summed E-state index contributed by atoms with van der Waals surface area (Å²) in [7, 11) is 0. The highest BCUT2D eigenvalue weighted by atomic mass is 16.5. The molecule has 0 aliphatic carbocycles. The molecule has 4 nitrogen and oxygen atoms in total. The average molecular weight is 539 g/mol. The molecule has 0 radical (unpaired) electrons. The maximum atomic E-state index is 12.2. The van der Waals surface area contributed by atoms with Crippen molar-refractivity contribution in [3.05, 3.63) is 0 Å². The van der Waals surface area contributed by atoms with Crippen LogP contribution in [0.2, 0.25) is 0 Å². The minimum absolute atomic E-state index is 0.0228. The summed E-state index contributed by atoms with van der Waals surface area (Å²) >= 11 is 0. The summed E-state index contributed by atoms with van der Waals surface area (Å²) in [5.41, 5.74) is 0. The molecule has 38 heavy (non-hydrogen) atoms. The lowest BCUT2D eigenvalue weighted by atomic mass is 9.96. The van der Waals surface area contributed by atoms with Crippen LogP contribution in [0.15, 0.2) is 0 Å². The van der Waals surface area contributed by atoms with Gasteiger partial charge in [-0.3, -0.25) is 9.59 Å².